The highest BCUT2D eigenvalue weighted by molar-refractivity contribution is 6.07. The number of fused-ring (bicyclic) bond motifs is 1. The van der Waals surface area contributed by atoms with Gasteiger partial charge in [-0.3, -0.25) is 4.79 Å². The van der Waals surface area contributed by atoms with E-state index in [9.17, 15) is 9.59 Å². The summed E-state index contributed by atoms with van der Waals surface area (Å²) < 4.78 is 5.18. The number of aryl methyl sites for hydroxylation is 1. The average Bonchev–Trinajstić information content (AvgIpc) is 3.28. The molecule has 0 aromatic carbocycles. The second-order valence-corrected chi connectivity index (χ2v) is 5.59. The van der Waals surface area contributed by atoms with Gasteiger partial charge in [0.2, 0.25) is 0 Å². The minimum atomic E-state index is -1.05. The number of carbonyl (C=O) groups excluding carboxylic acids is 1. The summed E-state index contributed by atoms with van der Waals surface area (Å²) in [6.07, 6.45) is 2.40. The average molecular weight is 303 g/mol. The minimum absolute atomic E-state index is 0.313. The first-order valence-electron chi connectivity index (χ1n) is 7.31. The molecule has 1 aliphatic rings. The van der Waals surface area contributed by atoms with Crippen LogP contribution in [0.4, 0.5) is 0 Å². The van der Waals surface area contributed by atoms with Crippen LogP contribution in [0.1, 0.15) is 53.8 Å². The molecule has 22 heavy (non-hydrogen) atoms. The van der Waals surface area contributed by atoms with Crippen molar-refractivity contribution in [1.82, 2.24) is 15.5 Å². The Balaban J connectivity index is 2.02. The van der Waals surface area contributed by atoms with Crippen molar-refractivity contribution in [3.05, 3.63) is 23.0 Å². The van der Waals surface area contributed by atoms with E-state index in [1.165, 1.54) is 0 Å². The van der Waals surface area contributed by atoms with Crippen molar-refractivity contribution in [2.24, 2.45) is 0 Å². The van der Waals surface area contributed by atoms with Crippen molar-refractivity contribution in [1.29, 1.82) is 0 Å². The van der Waals surface area contributed by atoms with Crippen LogP contribution in [-0.2, 0) is 4.79 Å². The van der Waals surface area contributed by atoms with Gasteiger partial charge in [0.05, 0.1) is 16.6 Å². The van der Waals surface area contributed by atoms with Gasteiger partial charge in [-0.2, -0.15) is 0 Å². The quantitative estimate of drug-likeness (QED) is 0.875. The molecular weight excluding hydrogens is 286 g/mol. The Morgan fingerprint density at radius 1 is 1.50 bits per heavy atom. The molecule has 116 valence electrons. The predicted molar refractivity (Wildman–Crippen MR) is 77.7 cm³/mol. The smallest absolute Gasteiger partial charge is 0.326 e. The fourth-order valence-electron chi connectivity index (χ4n) is 2.46. The highest BCUT2D eigenvalue weighted by Crippen LogP contribution is 2.40. The summed E-state index contributed by atoms with van der Waals surface area (Å²) in [6.45, 7) is 3.44. The maximum Gasteiger partial charge on any atom is 0.326 e. The molecule has 2 aromatic rings. The lowest BCUT2D eigenvalue weighted by Crippen LogP contribution is -2.40. The van der Waals surface area contributed by atoms with Gasteiger partial charge < -0.3 is 14.9 Å². The Hall–Kier alpha value is -2.44. The first-order valence-corrected chi connectivity index (χ1v) is 7.31. The Kier molecular flexibility index (Phi) is 3.56. The van der Waals surface area contributed by atoms with Crippen molar-refractivity contribution in [3.8, 4) is 0 Å². The highest BCUT2D eigenvalue weighted by Gasteiger charge is 2.29. The van der Waals surface area contributed by atoms with E-state index in [2.05, 4.69) is 15.5 Å². The number of hydrogen-bond donors (Lipinski definition) is 2. The van der Waals surface area contributed by atoms with Crippen molar-refractivity contribution < 1.29 is 19.2 Å². The van der Waals surface area contributed by atoms with Gasteiger partial charge in [-0.1, -0.05) is 12.1 Å². The number of amides is 1. The summed E-state index contributed by atoms with van der Waals surface area (Å²) in [5.41, 5.74) is 2.08. The number of aliphatic carboxylic acids is 1. The lowest BCUT2D eigenvalue weighted by molar-refractivity contribution is -0.139. The first-order chi connectivity index (χ1) is 10.5. The van der Waals surface area contributed by atoms with Crippen molar-refractivity contribution in [2.75, 3.05) is 0 Å². The SMILES string of the molecule is CCC(NC(=O)c1cc(C2CC2)nc2onc(C)c12)C(=O)O. The van der Waals surface area contributed by atoms with Crippen LogP contribution in [0.3, 0.4) is 0 Å². The summed E-state index contributed by atoms with van der Waals surface area (Å²) in [7, 11) is 0. The zero-order valence-corrected chi connectivity index (χ0v) is 12.4. The molecule has 1 atom stereocenters. The zero-order chi connectivity index (χ0) is 15.9. The van der Waals surface area contributed by atoms with Crippen LogP contribution < -0.4 is 5.32 Å². The maximum atomic E-state index is 12.5. The van der Waals surface area contributed by atoms with Gasteiger partial charge in [0.15, 0.2) is 0 Å². The van der Waals surface area contributed by atoms with E-state index >= 15 is 0 Å². The van der Waals surface area contributed by atoms with Crippen LogP contribution in [0.15, 0.2) is 10.6 Å². The molecule has 0 spiro atoms. The van der Waals surface area contributed by atoms with E-state index in [0.717, 1.165) is 18.5 Å². The Bertz CT molecular complexity index is 749. The zero-order valence-electron chi connectivity index (χ0n) is 12.4. The van der Waals surface area contributed by atoms with Gasteiger partial charge >= 0.3 is 5.97 Å². The molecule has 7 heteroatoms. The number of carboxylic acids is 1. The van der Waals surface area contributed by atoms with Crippen LogP contribution in [0, 0.1) is 6.92 Å². The molecule has 0 bridgehead atoms. The van der Waals surface area contributed by atoms with E-state index in [4.69, 9.17) is 9.63 Å². The van der Waals surface area contributed by atoms with Gasteiger partial charge in [0, 0.05) is 11.6 Å². The molecular formula is C15H17N3O4. The Morgan fingerprint density at radius 2 is 2.23 bits per heavy atom. The topological polar surface area (TPSA) is 105 Å². The van der Waals surface area contributed by atoms with Crippen LogP contribution in [0.2, 0.25) is 0 Å². The number of hydrogen-bond acceptors (Lipinski definition) is 5. The molecule has 2 heterocycles. The maximum absolute atomic E-state index is 12.5. The molecule has 2 N–H and O–H groups in total. The van der Waals surface area contributed by atoms with E-state index in [1.807, 2.05) is 0 Å². The summed E-state index contributed by atoms with van der Waals surface area (Å²) >= 11 is 0. The molecule has 1 unspecified atom stereocenters. The fraction of sp³-hybridized carbons (Fsp3) is 0.467. The van der Waals surface area contributed by atoms with E-state index in [0.29, 0.717) is 34.7 Å². The molecule has 2 aromatic heterocycles. The van der Waals surface area contributed by atoms with E-state index in [-0.39, 0.29) is 0 Å². The largest absolute Gasteiger partial charge is 0.480 e. The van der Waals surface area contributed by atoms with Gasteiger partial charge in [-0.05, 0) is 32.3 Å². The minimum Gasteiger partial charge on any atom is -0.480 e. The lowest BCUT2D eigenvalue weighted by Gasteiger charge is -2.13. The molecule has 7 nitrogen and oxygen atoms in total. The lowest BCUT2D eigenvalue weighted by atomic mass is 10.1. The second-order valence-electron chi connectivity index (χ2n) is 5.59. The molecule has 1 saturated carbocycles. The third-order valence-electron chi connectivity index (χ3n) is 3.89. The molecule has 0 radical (unpaired) electrons. The van der Waals surface area contributed by atoms with Crippen molar-refractivity contribution in [3.63, 3.8) is 0 Å². The number of nitrogens with zero attached hydrogens (tertiary/aromatic N) is 2. The Labute approximate surface area is 126 Å². The summed E-state index contributed by atoms with van der Waals surface area (Å²) in [6, 6.07) is 0.814. The van der Waals surface area contributed by atoms with Gasteiger partial charge in [0.1, 0.15) is 6.04 Å². The monoisotopic (exact) mass is 303 g/mol. The number of carboxylic acid groups (broad SMARTS) is 1. The number of rotatable bonds is 5. The van der Waals surface area contributed by atoms with Crippen LogP contribution >= 0.6 is 0 Å². The first kappa shape index (κ1) is 14.5. The van der Waals surface area contributed by atoms with Gasteiger partial charge in [-0.15, -0.1) is 0 Å². The number of carbonyl (C=O) groups is 2. The van der Waals surface area contributed by atoms with Crippen molar-refractivity contribution in [2.45, 2.75) is 45.1 Å². The van der Waals surface area contributed by atoms with Crippen LogP contribution in [0.5, 0.6) is 0 Å². The highest BCUT2D eigenvalue weighted by atomic mass is 16.5. The molecule has 3 rings (SSSR count). The normalized spacial score (nSPS) is 15.7. The molecule has 1 amide bonds. The second kappa shape index (κ2) is 5.40. The third-order valence-corrected chi connectivity index (χ3v) is 3.89. The molecule has 1 aliphatic carbocycles. The summed E-state index contributed by atoms with van der Waals surface area (Å²) in [4.78, 5) is 28.0. The summed E-state index contributed by atoms with van der Waals surface area (Å²) in [5, 5.41) is 16.0. The molecule has 0 aliphatic heterocycles. The van der Waals surface area contributed by atoms with Crippen LogP contribution in [-0.4, -0.2) is 33.2 Å². The van der Waals surface area contributed by atoms with E-state index in [1.54, 1.807) is 19.9 Å². The van der Waals surface area contributed by atoms with Crippen molar-refractivity contribution >= 4 is 23.0 Å². The number of pyridine rings is 1. The number of aromatic nitrogens is 2. The van der Waals surface area contributed by atoms with Gasteiger partial charge in [-0.25, -0.2) is 9.78 Å². The van der Waals surface area contributed by atoms with Crippen LogP contribution in [0.25, 0.3) is 11.1 Å². The van der Waals surface area contributed by atoms with E-state index < -0.39 is 17.9 Å². The standard InChI is InChI=1S/C15H17N3O4/c1-3-10(15(20)21)16-13(19)9-6-11(8-4-5-8)17-14-12(9)7(2)18-22-14/h6,8,10H,3-5H2,1-2H3,(H,16,19)(H,20,21). The predicted octanol–water partition coefficient (Wildman–Crippen LogP) is 2.00. The summed E-state index contributed by atoms with van der Waals surface area (Å²) in [5.74, 6) is -1.14. The Morgan fingerprint density at radius 3 is 2.82 bits per heavy atom. The molecule has 0 saturated heterocycles. The number of nitrogens with one attached hydrogen (secondary N) is 1. The molecule has 1 fully saturated rings. The fourth-order valence-corrected chi connectivity index (χ4v) is 2.46. The third kappa shape index (κ3) is 2.54. The van der Waals surface area contributed by atoms with Gasteiger partial charge in [0.25, 0.3) is 11.6 Å².